The number of amides is 4. The molecule has 26 heavy (non-hydrogen) atoms. The molecule has 0 aromatic carbocycles. The Morgan fingerprint density at radius 1 is 1.15 bits per heavy atom. The van der Waals surface area contributed by atoms with Crippen molar-refractivity contribution in [3.63, 3.8) is 0 Å². The number of nitrogens with one attached hydrogen (secondary N) is 3. The fourth-order valence-corrected chi connectivity index (χ4v) is 4.44. The Morgan fingerprint density at radius 3 is 2.50 bits per heavy atom. The number of imide groups is 1. The second-order valence-electron chi connectivity index (χ2n) is 7.92. The topological polar surface area (TPSA) is 99.8 Å². The number of piperidine rings is 1. The standard InChI is InChI=1S/C18H30N4O4/c1-26-13-17(7-9-19-10-8-17)12-20-14(23)11-22-15(24)18(21-16(22)25)5-3-2-4-6-18/h19H,2-13H2,1H3,(H,20,23)(H,21,25). The van der Waals surface area contributed by atoms with Crippen LogP contribution >= 0.6 is 0 Å². The van der Waals surface area contributed by atoms with Crippen LogP contribution in [0.3, 0.4) is 0 Å². The lowest BCUT2D eigenvalue weighted by Gasteiger charge is -2.37. The number of ether oxygens (including phenoxy) is 1. The molecule has 4 amide bonds. The Morgan fingerprint density at radius 2 is 1.85 bits per heavy atom. The van der Waals surface area contributed by atoms with Crippen LogP contribution in [0.5, 0.6) is 0 Å². The fourth-order valence-electron chi connectivity index (χ4n) is 4.44. The molecule has 8 nitrogen and oxygen atoms in total. The molecule has 0 bridgehead atoms. The number of carbonyl (C=O) groups excluding carboxylic acids is 3. The van der Waals surface area contributed by atoms with Gasteiger partial charge in [0.1, 0.15) is 12.1 Å². The number of hydrogen-bond acceptors (Lipinski definition) is 5. The van der Waals surface area contributed by atoms with E-state index in [2.05, 4.69) is 16.0 Å². The van der Waals surface area contributed by atoms with Crippen molar-refractivity contribution in [1.29, 1.82) is 0 Å². The summed E-state index contributed by atoms with van der Waals surface area (Å²) in [7, 11) is 1.67. The highest BCUT2D eigenvalue weighted by atomic mass is 16.5. The number of nitrogens with zero attached hydrogens (tertiary/aromatic N) is 1. The van der Waals surface area contributed by atoms with Crippen LogP contribution in [0.15, 0.2) is 0 Å². The molecular formula is C18H30N4O4. The molecule has 1 spiro atoms. The molecule has 0 atom stereocenters. The van der Waals surface area contributed by atoms with Gasteiger partial charge in [-0.05, 0) is 38.8 Å². The Balaban J connectivity index is 1.56. The van der Waals surface area contributed by atoms with Gasteiger partial charge in [-0.15, -0.1) is 0 Å². The summed E-state index contributed by atoms with van der Waals surface area (Å²) in [5.41, 5.74) is -0.862. The molecule has 8 heteroatoms. The first-order valence-electron chi connectivity index (χ1n) is 9.61. The third kappa shape index (κ3) is 3.86. The molecule has 0 unspecified atom stereocenters. The van der Waals surface area contributed by atoms with Gasteiger partial charge >= 0.3 is 6.03 Å². The fraction of sp³-hybridized carbons (Fsp3) is 0.833. The smallest absolute Gasteiger partial charge is 0.325 e. The molecule has 3 aliphatic rings. The van der Waals surface area contributed by atoms with E-state index in [9.17, 15) is 14.4 Å². The van der Waals surface area contributed by atoms with E-state index in [1.54, 1.807) is 7.11 Å². The van der Waals surface area contributed by atoms with Crippen molar-refractivity contribution in [2.24, 2.45) is 5.41 Å². The third-order valence-corrected chi connectivity index (χ3v) is 6.03. The van der Waals surface area contributed by atoms with Gasteiger partial charge in [0.05, 0.1) is 6.61 Å². The predicted molar refractivity (Wildman–Crippen MR) is 95.5 cm³/mol. The van der Waals surface area contributed by atoms with E-state index < -0.39 is 11.6 Å². The zero-order chi connectivity index (χ0) is 18.6. The maximum absolute atomic E-state index is 12.7. The van der Waals surface area contributed by atoms with Gasteiger partial charge in [-0.2, -0.15) is 0 Å². The number of hydrogen-bond donors (Lipinski definition) is 3. The van der Waals surface area contributed by atoms with Crippen LogP contribution in [0.2, 0.25) is 0 Å². The van der Waals surface area contributed by atoms with E-state index in [1.807, 2.05) is 0 Å². The van der Waals surface area contributed by atoms with Crippen molar-refractivity contribution in [3.8, 4) is 0 Å². The van der Waals surface area contributed by atoms with E-state index in [1.165, 1.54) is 0 Å². The van der Waals surface area contributed by atoms with Gasteiger partial charge < -0.3 is 20.7 Å². The molecule has 0 aromatic heterocycles. The van der Waals surface area contributed by atoms with Crippen LogP contribution in [-0.4, -0.2) is 68.2 Å². The average molecular weight is 366 g/mol. The minimum absolute atomic E-state index is 0.0858. The molecule has 3 fully saturated rings. The van der Waals surface area contributed by atoms with Gasteiger partial charge in [-0.3, -0.25) is 14.5 Å². The van der Waals surface area contributed by atoms with Crippen LogP contribution in [-0.2, 0) is 14.3 Å². The lowest BCUT2D eigenvalue weighted by molar-refractivity contribution is -0.136. The zero-order valence-corrected chi connectivity index (χ0v) is 15.6. The predicted octanol–water partition coefficient (Wildman–Crippen LogP) is 0.374. The summed E-state index contributed by atoms with van der Waals surface area (Å²) in [6.07, 6.45) is 6.13. The molecule has 1 saturated carbocycles. The summed E-state index contributed by atoms with van der Waals surface area (Å²) >= 11 is 0. The van der Waals surface area contributed by atoms with E-state index in [0.717, 1.165) is 50.1 Å². The lowest BCUT2D eigenvalue weighted by atomic mass is 9.79. The first-order valence-corrected chi connectivity index (χ1v) is 9.61. The molecule has 3 N–H and O–H groups in total. The number of carbonyl (C=O) groups is 3. The first-order chi connectivity index (χ1) is 12.5. The largest absolute Gasteiger partial charge is 0.384 e. The molecule has 1 aliphatic carbocycles. The second-order valence-corrected chi connectivity index (χ2v) is 7.92. The highest BCUT2D eigenvalue weighted by molar-refractivity contribution is 6.09. The number of urea groups is 1. The summed E-state index contributed by atoms with van der Waals surface area (Å²) in [5.74, 6) is -0.541. The first kappa shape index (κ1) is 19.1. The van der Waals surface area contributed by atoms with Crippen molar-refractivity contribution in [2.75, 3.05) is 39.9 Å². The van der Waals surface area contributed by atoms with Crippen molar-refractivity contribution >= 4 is 17.8 Å². The Kier molecular flexibility index (Phi) is 5.82. The quantitative estimate of drug-likeness (QED) is 0.590. The van der Waals surface area contributed by atoms with Gasteiger partial charge in [-0.25, -0.2) is 4.79 Å². The molecule has 0 aromatic rings. The van der Waals surface area contributed by atoms with Crippen LogP contribution in [0.25, 0.3) is 0 Å². The summed E-state index contributed by atoms with van der Waals surface area (Å²) in [5, 5.41) is 9.07. The Labute approximate surface area is 154 Å². The highest BCUT2D eigenvalue weighted by Gasteiger charge is 2.51. The Bertz CT molecular complexity index is 548. The van der Waals surface area contributed by atoms with Crippen LogP contribution < -0.4 is 16.0 Å². The van der Waals surface area contributed by atoms with Gasteiger partial charge in [0.2, 0.25) is 5.91 Å². The SMILES string of the molecule is COCC1(CNC(=O)CN2C(=O)NC3(CCCCC3)C2=O)CCNCC1. The molecule has 2 aliphatic heterocycles. The van der Waals surface area contributed by atoms with E-state index in [4.69, 9.17) is 4.74 Å². The minimum atomic E-state index is -0.776. The van der Waals surface area contributed by atoms with Crippen molar-refractivity contribution in [1.82, 2.24) is 20.9 Å². The molecule has 2 heterocycles. The maximum Gasteiger partial charge on any atom is 0.325 e. The van der Waals surface area contributed by atoms with Crippen molar-refractivity contribution in [2.45, 2.75) is 50.5 Å². The van der Waals surface area contributed by atoms with E-state index >= 15 is 0 Å². The third-order valence-electron chi connectivity index (χ3n) is 6.03. The van der Waals surface area contributed by atoms with Gasteiger partial charge in [-0.1, -0.05) is 19.3 Å². The molecular weight excluding hydrogens is 336 g/mol. The zero-order valence-electron chi connectivity index (χ0n) is 15.6. The summed E-state index contributed by atoms with van der Waals surface area (Å²) in [6.45, 7) is 2.66. The molecule has 3 rings (SSSR count). The number of rotatable bonds is 6. The van der Waals surface area contributed by atoms with Gasteiger partial charge in [0.15, 0.2) is 0 Å². The molecule has 0 radical (unpaired) electrons. The second kappa shape index (κ2) is 7.92. The lowest BCUT2D eigenvalue weighted by Crippen LogP contribution is -2.50. The van der Waals surface area contributed by atoms with Crippen LogP contribution in [0.1, 0.15) is 44.9 Å². The van der Waals surface area contributed by atoms with Crippen molar-refractivity contribution in [3.05, 3.63) is 0 Å². The monoisotopic (exact) mass is 366 g/mol. The van der Waals surface area contributed by atoms with Gasteiger partial charge in [0, 0.05) is 19.1 Å². The van der Waals surface area contributed by atoms with Gasteiger partial charge in [0.25, 0.3) is 5.91 Å². The maximum atomic E-state index is 12.7. The van der Waals surface area contributed by atoms with Crippen molar-refractivity contribution < 1.29 is 19.1 Å². The van der Waals surface area contributed by atoms with Crippen LogP contribution in [0, 0.1) is 5.41 Å². The number of methoxy groups -OCH3 is 1. The van der Waals surface area contributed by atoms with E-state index in [0.29, 0.717) is 26.0 Å². The Hall–Kier alpha value is -1.67. The molecule has 2 saturated heterocycles. The average Bonchev–Trinajstić information content (AvgIpc) is 2.86. The summed E-state index contributed by atoms with van der Waals surface area (Å²) in [4.78, 5) is 38.5. The minimum Gasteiger partial charge on any atom is -0.384 e. The normalized spacial score (nSPS) is 24.6. The summed E-state index contributed by atoms with van der Waals surface area (Å²) < 4.78 is 5.35. The molecule has 146 valence electrons. The van der Waals surface area contributed by atoms with Crippen LogP contribution in [0.4, 0.5) is 4.79 Å². The summed E-state index contributed by atoms with van der Waals surface area (Å²) in [6, 6.07) is -0.444. The highest BCUT2D eigenvalue weighted by Crippen LogP contribution is 2.33. The van der Waals surface area contributed by atoms with E-state index in [-0.39, 0.29) is 23.8 Å².